The van der Waals surface area contributed by atoms with Crippen LogP contribution in [-0.2, 0) is 0 Å². The molecule has 0 amide bonds. The number of phenols is 4. The maximum absolute atomic E-state index is 10.8. The minimum absolute atomic E-state index is 0.00168. The zero-order chi connectivity index (χ0) is 20.3. The lowest BCUT2D eigenvalue weighted by Crippen LogP contribution is -1.92. The minimum atomic E-state index is -0.0795. The van der Waals surface area contributed by atoms with Crippen LogP contribution in [0.1, 0.15) is 0 Å². The van der Waals surface area contributed by atoms with Crippen LogP contribution in [0.5, 0.6) is 23.0 Å². The van der Waals surface area contributed by atoms with Gasteiger partial charge in [0.05, 0.1) is 0 Å². The van der Waals surface area contributed by atoms with Gasteiger partial charge < -0.3 is 20.4 Å². The molecule has 4 aromatic rings. The number of phenolic OH excluding ortho intramolecular Hbond substituents is 4. The van der Waals surface area contributed by atoms with Crippen molar-refractivity contribution in [3.05, 3.63) is 50.7 Å². The second-order valence-corrected chi connectivity index (χ2v) is 11.0. The van der Waals surface area contributed by atoms with Gasteiger partial charge in [0.15, 0.2) is 0 Å². The van der Waals surface area contributed by atoms with Gasteiger partial charge in [-0.2, -0.15) is 0 Å². The number of benzene rings is 4. The second-order valence-electron chi connectivity index (χ2n) is 6.20. The van der Waals surface area contributed by atoms with Gasteiger partial charge in [0.1, 0.15) is 23.0 Å². The Bertz CT molecular complexity index is 1200. The lowest BCUT2D eigenvalue weighted by atomic mass is 9.91. The molecule has 0 aliphatic heterocycles. The zero-order valence-corrected chi connectivity index (χ0v) is 22.4. The summed E-state index contributed by atoms with van der Waals surface area (Å²) in [7, 11) is 0. The Balaban J connectivity index is 2.29. The average Bonchev–Trinajstić information content (AvgIpc) is 2.58. The molecule has 0 atom stereocenters. The predicted molar refractivity (Wildman–Crippen MR) is 144 cm³/mol. The van der Waals surface area contributed by atoms with Crippen LogP contribution in [0.2, 0.25) is 0 Å². The van der Waals surface area contributed by atoms with Crippen molar-refractivity contribution in [2.45, 2.75) is 0 Å². The molecule has 0 fully saturated rings. The highest BCUT2D eigenvalue weighted by Gasteiger charge is 2.23. The Morgan fingerprint density at radius 1 is 0.464 bits per heavy atom. The third-order valence-corrected chi connectivity index (χ3v) is 7.50. The van der Waals surface area contributed by atoms with Crippen molar-refractivity contribution in [1.29, 1.82) is 0 Å². The number of hydrogen-bond acceptors (Lipinski definition) is 4. The van der Waals surface area contributed by atoms with Crippen LogP contribution in [-0.4, -0.2) is 20.4 Å². The third kappa shape index (κ3) is 3.37. The van der Waals surface area contributed by atoms with Gasteiger partial charge in [0.2, 0.25) is 0 Å². The van der Waals surface area contributed by atoms with Crippen LogP contribution in [0, 0.1) is 14.3 Å². The summed E-state index contributed by atoms with van der Waals surface area (Å²) in [6.45, 7) is 0. The Morgan fingerprint density at radius 2 is 0.821 bits per heavy atom. The van der Waals surface area contributed by atoms with E-state index in [0.29, 0.717) is 21.9 Å². The summed E-state index contributed by atoms with van der Waals surface area (Å²) in [5.74, 6) is -0.156. The van der Waals surface area contributed by atoms with E-state index in [1.807, 2.05) is 12.1 Å². The van der Waals surface area contributed by atoms with Crippen molar-refractivity contribution in [2.75, 3.05) is 0 Å². The van der Waals surface area contributed by atoms with Crippen molar-refractivity contribution in [2.24, 2.45) is 0 Å². The molecule has 28 heavy (non-hydrogen) atoms. The summed E-state index contributed by atoms with van der Waals surface area (Å²) >= 11 is 8.46. The first-order chi connectivity index (χ1) is 13.2. The van der Waals surface area contributed by atoms with Crippen molar-refractivity contribution < 1.29 is 20.4 Å². The first-order valence-electron chi connectivity index (χ1n) is 7.86. The molecule has 0 aromatic heterocycles. The average molecular weight is 822 g/mol. The molecule has 142 valence electrons. The fourth-order valence-corrected chi connectivity index (χ4v) is 6.04. The first-order valence-corrected chi connectivity index (χ1v) is 12.2. The number of aromatic hydroxyl groups is 4. The van der Waals surface area contributed by atoms with Gasteiger partial charge in [-0.1, -0.05) is 0 Å². The van der Waals surface area contributed by atoms with Gasteiger partial charge in [-0.3, -0.25) is 0 Å². The zero-order valence-electron chi connectivity index (χ0n) is 13.8. The molecule has 0 aliphatic carbocycles. The fourth-order valence-electron chi connectivity index (χ4n) is 3.39. The monoisotopic (exact) mass is 822 g/mol. The molecule has 0 heterocycles. The van der Waals surface area contributed by atoms with Gasteiger partial charge in [-0.15, -0.1) is 0 Å². The van der Waals surface area contributed by atoms with E-state index in [1.165, 1.54) is 0 Å². The molecule has 0 saturated carbocycles. The lowest BCUT2D eigenvalue weighted by molar-refractivity contribution is 0.466. The molecule has 4 aromatic carbocycles. The summed E-state index contributed by atoms with van der Waals surface area (Å²) in [6.07, 6.45) is 0. The van der Waals surface area contributed by atoms with Gasteiger partial charge in [-0.05, 0) is 127 Å². The van der Waals surface area contributed by atoms with E-state index in [-0.39, 0.29) is 23.0 Å². The molecule has 0 aliphatic rings. The minimum Gasteiger partial charge on any atom is -0.507 e. The van der Waals surface area contributed by atoms with Crippen molar-refractivity contribution in [3.63, 3.8) is 0 Å². The predicted octanol–water partition coefficient (Wildman–Crippen LogP) is 6.90. The molecule has 0 saturated heterocycles. The molecule has 4 nitrogen and oxygen atoms in total. The van der Waals surface area contributed by atoms with Crippen LogP contribution in [0.3, 0.4) is 0 Å². The smallest absolute Gasteiger partial charge is 0.125 e. The number of halogens is 4. The SMILES string of the molecule is Oc1cc(I)c2cc(I)cc(O)c2c1-c1c(O)cc(I)c2cc(I)cc(O)c12. The lowest BCUT2D eigenvalue weighted by Gasteiger charge is -2.18. The topological polar surface area (TPSA) is 80.9 Å². The van der Waals surface area contributed by atoms with E-state index in [9.17, 15) is 20.4 Å². The van der Waals surface area contributed by atoms with E-state index < -0.39 is 0 Å². The van der Waals surface area contributed by atoms with E-state index >= 15 is 0 Å². The number of hydrogen-bond donors (Lipinski definition) is 4. The fraction of sp³-hybridized carbons (Fsp3) is 0. The van der Waals surface area contributed by atoms with E-state index in [1.54, 1.807) is 24.3 Å². The van der Waals surface area contributed by atoms with Gasteiger partial charge in [-0.25, -0.2) is 0 Å². The molecule has 0 unspecified atom stereocenters. The molecule has 4 N–H and O–H groups in total. The van der Waals surface area contributed by atoms with Crippen LogP contribution >= 0.6 is 90.4 Å². The molecular weight excluding hydrogens is 812 g/mol. The summed E-state index contributed by atoms with van der Waals surface area (Å²) in [4.78, 5) is 0. The van der Waals surface area contributed by atoms with Crippen LogP contribution in [0.15, 0.2) is 36.4 Å². The Morgan fingerprint density at radius 3 is 1.18 bits per heavy atom. The van der Waals surface area contributed by atoms with Crippen LogP contribution < -0.4 is 0 Å². The van der Waals surface area contributed by atoms with E-state index in [2.05, 4.69) is 90.4 Å². The highest BCUT2D eigenvalue weighted by molar-refractivity contribution is 14.1. The third-order valence-electron chi connectivity index (χ3n) is 4.47. The summed E-state index contributed by atoms with van der Waals surface area (Å²) in [5, 5.41) is 45.4. The molecule has 0 bridgehead atoms. The molecule has 4 rings (SSSR count). The number of rotatable bonds is 1. The van der Waals surface area contributed by atoms with E-state index in [0.717, 1.165) is 25.1 Å². The van der Waals surface area contributed by atoms with Crippen LogP contribution in [0.25, 0.3) is 32.7 Å². The maximum atomic E-state index is 10.8. The van der Waals surface area contributed by atoms with Crippen molar-refractivity contribution >= 4 is 112 Å². The van der Waals surface area contributed by atoms with Gasteiger partial charge in [0.25, 0.3) is 0 Å². The quantitative estimate of drug-likeness (QED) is 0.158. The Hall–Kier alpha value is -0.480. The standard InChI is InChI=1S/C20H10I4O4/c21-7-1-9-11(23)5-15(27)19(17(9)13(25)3-7)20-16(28)6-12(24)10-2-8(22)4-14(26)18(10)20/h1-6,25-28H. The Labute approximate surface area is 214 Å². The second kappa shape index (κ2) is 7.65. The molecule has 8 heteroatoms. The highest BCUT2D eigenvalue weighted by Crippen LogP contribution is 2.51. The maximum Gasteiger partial charge on any atom is 0.125 e. The molecule has 0 radical (unpaired) electrons. The van der Waals surface area contributed by atoms with Crippen molar-refractivity contribution in [1.82, 2.24) is 0 Å². The van der Waals surface area contributed by atoms with Gasteiger partial charge >= 0.3 is 0 Å². The largest absolute Gasteiger partial charge is 0.507 e. The van der Waals surface area contributed by atoms with Crippen molar-refractivity contribution in [3.8, 4) is 34.1 Å². The normalized spacial score (nSPS) is 11.4. The number of fused-ring (bicyclic) bond motifs is 2. The van der Waals surface area contributed by atoms with Gasteiger partial charge in [0, 0.05) is 47.0 Å². The highest BCUT2D eigenvalue weighted by atomic mass is 127. The van der Waals surface area contributed by atoms with Crippen LogP contribution in [0.4, 0.5) is 0 Å². The summed E-state index contributed by atoms with van der Waals surface area (Å²) in [5.41, 5.74) is 0.583. The summed E-state index contributed by atoms with van der Waals surface area (Å²) < 4.78 is 3.25. The summed E-state index contributed by atoms with van der Waals surface area (Å²) in [6, 6.07) is 10.2. The first kappa shape index (κ1) is 20.8. The molecular formula is C20H10I4O4. The Kier molecular flexibility index (Phi) is 5.68. The van der Waals surface area contributed by atoms with E-state index in [4.69, 9.17) is 0 Å². The molecule has 0 spiro atoms.